The molecule has 4 aliphatic rings. The number of amides is 6. The summed E-state index contributed by atoms with van der Waals surface area (Å²) in [6, 6.07) is 42.4. The highest BCUT2D eigenvalue weighted by Crippen LogP contribution is 2.35. The van der Waals surface area contributed by atoms with Crippen molar-refractivity contribution < 1.29 is 38.3 Å². The number of likely N-dealkylation sites (N-methyl/N-ethyl adjacent to an activating group) is 3. The highest BCUT2D eigenvalue weighted by atomic mass is 31.1. The van der Waals surface area contributed by atoms with Gasteiger partial charge in [0.05, 0.1) is 5.56 Å². The number of esters is 1. The van der Waals surface area contributed by atoms with E-state index in [1.165, 1.54) is 0 Å². The van der Waals surface area contributed by atoms with Crippen molar-refractivity contribution in [2.24, 2.45) is 17.8 Å². The van der Waals surface area contributed by atoms with Crippen LogP contribution in [0.3, 0.4) is 0 Å². The lowest BCUT2D eigenvalue weighted by Crippen LogP contribution is -2.57. The van der Waals surface area contributed by atoms with Crippen molar-refractivity contribution in [2.45, 2.75) is 126 Å². The molecule has 414 valence electrons. The second-order valence-electron chi connectivity index (χ2n) is 22.1. The Morgan fingerprint density at radius 1 is 0.456 bits per heavy atom. The second kappa shape index (κ2) is 26.6. The van der Waals surface area contributed by atoms with Gasteiger partial charge in [0.1, 0.15) is 24.7 Å². The van der Waals surface area contributed by atoms with Crippen molar-refractivity contribution in [3.8, 4) is 0 Å². The van der Waals surface area contributed by atoms with Crippen LogP contribution in [0.5, 0.6) is 0 Å². The molecule has 9 rings (SSSR count). The van der Waals surface area contributed by atoms with Gasteiger partial charge in [0.15, 0.2) is 0 Å². The third-order valence-electron chi connectivity index (χ3n) is 16.9. The SMILES string of the molecule is CN1C(=O)[C@H](COC(=O)c2ccccc2P(c2ccccc2)c2ccccc2)NC(=O)[C@H]2CCC[C@H](C2)N(C)C(=O)[C@H](Cc2ccccc2)NC(=O)[C@H]2CCC[C@H](C2)N(C)C(=O)[C@H](Cc2ccccc2)NC(=O)[C@H]2CCC[C@@H]1C2. The number of carbonyl (C=O) groups is 7. The molecule has 5 aromatic carbocycles. The fourth-order valence-corrected chi connectivity index (χ4v) is 14.8. The van der Waals surface area contributed by atoms with Crippen LogP contribution in [0.1, 0.15) is 98.5 Å². The average molecular weight is 1090 g/mol. The van der Waals surface area contributed by atoms with Gasteiger partial charge in [0.2, 0.25) is 35.4 Å². The summed E-state index contributed by atoms with van der Waals surface area (Å²) < 4.78 is 6.15. The summed E-state index contributed by atoms with van der Waals surface area (Å²) in [6.45, 7) is -0.457. The van der Waals surface area contributed by atoms with Crippen LogP contribution >= 0.6 is 7.92 Å². The van der Waals surface area contributed by atoms with Crippen molar-refractivity contribution in [1.82, 2.24) is 30.7 Å². The molecule has 14 nitrogen and oxygen atoms in total. The highest BCUT2D eigenvalue weighted by Gasteiger charge is 2.41. The Morgan fingerprint density at radius 2 is 0.797 bits per heavy atom. The van der Waals surface area contributed by atoms with E-state index < -0.39 is 68.3 Å². The molecular formula is C64H75N6O8P. The third kappa shape index (κ3) is 14.0. The van der Waals surface area contributed by atoms with Crippen molar-refractivity contribution in [3.63, 3.8) is 0 Å². The van der Waals surface area contributed by atoms with Crippen molar-refractivity contribution in [3.05, 3.63) is 162 Å². The Kier molecular flexibility index (Phi) is 19.1. The number of hydrogen-bond donors (Lipinski definition) is 3. The first kappa shape index (κ1) is 56.5. The lowest BCUT2D eigenvalue weighted by molar-refractivity contribution is -0.143. The first-order valence-corrected chi connectivity index (χ1v) is 29.6. The smallest absolute Gasteiger partial charge is 0.338 e. The molecule has 1 aliphatic heterocycles. The maximum atomic E-state index is 15.1. The van der Waals surface area contributed by atoms with Gasteiger partial charge in [-0.25, -0.2) is 4.79 Å². The lowest BCUT2D eigenvalue weighted by atomic mass is 9.83. The maximum Gasteiger partial charge on any atom is 0.338 e. The van der Waals surface area contributed by atoms with Crippen LogP contribution in [0.2, 0.25) is 0 Å². The summed E-state index contributed by atoms with van der Waals surface area (Å²) in [5, 5.41) is 12.2. The van der Waals surface area contributed by atoms with E-state index in [4.69, 9.17) is 4.74 Å². The van der Waals surface area contributed by atoms with Crippen molar-refractivity contribution >= 4 is 65.2 Å². The van der Waals surface area contributed by atoms with Crippen LogP contribution in [0, 0.1) is 17.8 Å². The molecule has 79 heavy (non-hydrogen) atoms. The first-order valence-electron chi connectivity index (χ1n) is 28.3. The van der Waals surface area contributed by atoms with Crippen LogP contribution in [0.15, 0.2) is 146 Å². The molecule has 6 bridgehead atoms. The van der Waals surface area contributed by atoms with E-state index in [0.29, 0.717) is 82.6 Å². The third-order valence-corrected chi connectivity index (χ3v) is 19.4. The van der Waals surface area contributed by atoms with Gasteiger partial charge in [-0.05, 0) is 98.8 Å². The first-order chi connectivity index (χ1) is 38.3. The molecule has 0 aromatic heterocycles. The average Bonchev–Trinajstić information content (AvgIpc) is 3.55. The Bertz CT molecular complexity index is 2840. The minimum atomic E-state index is -1.29. The van der Waals surface area contributed by atoms with Crippen LogP contribution in [0.4, 0.5) is 0 Å². The van der Waals surface area contributed by atoms with Gasteiger partial charge in [-0.2, -0.15) is 0 Å². The monoisotopic (exact) mass is 1090 g/mol. The fourth-order valence-electron chi connectivity index (χ4n) is 12.3. The van der Waals surface area contributed by atoms with E-state index in [1.807, 2.05) is 109 Å². The summed E-state index contributed by atoms with van der Waals surface area (Å²) >= 11 is 0. The number of hydrogen-bond acceptors (Lipinski definition) is 8. The van der Waals surface area contributed by atoms with Gasteiger partial charge in [-0.15, -0.1) is 0 Å². The molecule has 4 fully saturated rings. The van der Waals surface area contributed by atoms with Gasteiger partial charge in [-0.1, -0.05) is 159 Å². The largest absolute Gasteiger partial charge is 0.459 e. The number of ether oxygens (including phenoxy) is 1. The van der Waals surface area contributed by atoms with Crippen LogP contribution < -0.4 is 31.9 Å². The number of nitrogens with zero attached hydrogens (tertiary/aromatic N) is 3. The van der Waals surface area contributed by atoms with E-state index in [-0.39, 0.29) is 54.5 Å². The van der Waals surface area contributed by atoms with Gasteiger partial charge < -0.3 is 35.4 Å². The quantitative estimate of drug-likeness (QED) is 0.104. The highest BCUT2D eigenvalue weighted by molar-refractivity contribution is 7.80. The number of fused-ring (bicyclic) bond motifs is 6. The van der Waals surface area contributed by atoms with E-state index >= 15 is 4.79 Å². The molecule has 3 N–H and O–H groups in total. The molecule has 0 radical (unpaired) electrons. The molecule has 3 aliphatic carbocycles. The number of benzene rings is 5. The molecule has 5 aromatic rings. The summed E-state index contributed by atoms with van der Waals surface area (Å²) in [5.41, 5.74) is 2.11. The Labute approximate surface area is 466 Å². The molecule has 3 saturated carbocycles. The van der Waals surface area contributed by atoms with Gasteiger partial charge in [-0.3, -0.25) is 28.8 Å². The zero-order valence-corrected chi connectivity index (χ0v) is 46.6. The summed E-state index contributed by atoms with van der Waals surface area (Å²) in [7, 11) is 3.97. The summed E-state index contributed by atoms with van der Waals surface area (Å²) in [4.78, 5) is 108. The predicted molar refractivity (Wildman–Crippen MR) is 307 cm³/mol. The predicted octanol–water partition coefficient (Wildman–Crippen LogP) is 6.61. The second-order valence-corrected chi connectivity index (χ2v) is 24.3. The van der Waals surface area contributed by atoms with Crippen LogP contribution in [-0.2, 0) is 46.3 Å². The van der Waals surface area contributed by atoms with E-state index in [1.54, 1.807) is 48.0 Å². The molecule has 0 unspecified atom stereocenters. The van der Waals surface area contributed by atoms with Crippen molar-refractivity contribution in [2.75, 3.05) is 27.7 Å². The summed E-state index contributed by atoms with van der Waals surface area (Å²) in [5.74, 6) is -4.10. The Hall–Kier alpha value is -7.18. The minimum absolute atomic E-state index is 0.248. The maximum absolute atomic E-state index is 15.1. The van der Waals surface area contributed by atoms with E-state index in [2.05, 4.69) is 40.2 Å². The molecule has 9 atom stereocenters. The molecule has 0 spiro atoms. The van der Waals surface area contributed by atoms with Gasteiger partial charge >= 0.3 is 5.97 Å². The normalized spacial score (nSPS) is 25.9. The standard InChI is InChI=1S/C64H75N6O8P/c1-68-48-28-18-25-45(39-48)58(71)65-55(38-44-23-10-5-11-24-44)62(75)69(2)49-29-20-27-47(41-49)60(73)67-56(42-78-64(77)53-35-16-17-36-57(53)79(51-31-12-6-13-32-51)52-33-14-7-15-34-52)63(76)70(3)50-30-19-26-46(40-50)59(72)66-54(61(68)74)37-43-21-8-4-9-22-43/h4-17,21-24,31-36,45-50,54-56H,18-20,25-30,37-42H2,1-3H3,(H,65,71)(H,66,72)(H,67,73)/t45-,46-,47-,48+,49+,50+,54-,55-,56-/m0/s1. The van der Waals surface area contributed by atoms with Gasteiger partial charge in [0.25, 0.3) is 0 Å². The number of nitrogens with one attached hydrogen (secondary N) is 3. The zero-order valence-electron chi connectivity index (χ0n) is 45.7. The number of rotatable bonds is 10. The summed E-state index contributed by atoms with van der Waals surface area (Å²) in [6.07, 6.45) is 7.15. The Morgan fingerprint density at radius 3 is 1.20 bits per heavy atom. The molecular weight excluding hydrogens is 1010 g/mol. The van der Waals surface area contributed by atoms with E-state index in [0.717, 1.165) is 27.0 Å². The zero-order chi connectivity index (χ0) is 55.4. The molecule has 1 saturated heterocycles. The molecule has 6 amide bonds. The Balaban J connectivity index is 1.02. The number of carbonyl (C=O) groups excluding carboxylic acids is 7. The molecule has 15 heteroatoms. The van der Waals surface area contributed by atoms with Crippen LogP contribution in [0.25, 0.3) is 0 Å². The minimum Gasteiger partial charge on any atom is -0.459 e. The van der Waals surface area contributed by atoms with Crippen LogP contribution in [-0.4, -0.2) is 120 Å². The molecule has 1 heterocycles. The van der Waals surface area contributed by atoms with Gasteiger partial charge in [0, 0.05) is 69.9 Å². The van der Waals surface area contributed by atoms with E-state index in [9.17, 15) is 28.8 Å². The van der Waals surface area contributed by atoms with Crippen molar-refractivity contribution in [1.29, 1.82) is 0 Å². The fraction of sp³-hybridized carbons (Fsp3) is 0.422. The lowest BCUT2D eigenvalue weighted by Gasteiger charge is -2.39. The topological polar surface area (TPSA) is 175 Å².